The summed E-state index contributed by atoms with van der Waals surface area (Å²) in [6, 6.07) is 7.28. The first-order chi connectivity index (χ1) is 8.65. The Labute approximate surface area is 106 Å². The van der Waals surface area contributed by atoms with Crippen LogP contribution in [0.1, 0.15) is 19.8 Å². The maximum absolute atomic E-state index is 12.9. The number of halogens is 1. The Morgan fingerprint density at radius 1 is 1.17 bits per heavy atom. The average Bonchev–Trinajstić information content (AvgIpc) is 2.62. The molecule has 2 fully saturated rings. The van der Waals surface area contributed by atoms with E-state index in [2.05, 4.69) is 4.90 Å². The summed E-state index contributed by atoms with van der Waals surface area (Å²) in [7, 11) is 0. The van der Waals surface area contributed by atoms with Crippen LogP contribution in [0.2, 0.25) is 0 Å². The molecule has 96 valence electrons. The van der Waals surface area contributed by atoms with E-state index in [9.17, 15) is 9.18 Å². The van der Waals surface area contributed by atoms with Crippen LogP contribution in [0.25, 0.3) is 0 Å². The first-order valence-electron chi connectivity index (χ1n) is 6.44. The van der Waals surface area contributed by atoms with Gasteiger partial charge in [-0.25, -0.2) is 4.39 Å². The molecule has 2 heterocycles. The quantitative estimate of drug-likeness (QED) is 0.759. The summed E-state index contributed by atoms with van der Waals surface area (Å²) in [6.07, 6.45) is 2.17. The number of fused-ring (bicyclic) bond motifs is 2. The van der Waals surface area contributed by atoms with Crippen molar-refractivity contribution in [3.8, 4) is 0 Å². The normalized spacial score (nSPS) is 26.6. The highest BCUT2D eigenvalue weighted by Gasteiger charge is 2.41. The lowest BCUT2D eigenvalue weighted by Crippen LogP contribution is -2.55. The molecule has 0 N–H and O–H groups in total. The first-order valence-corrected chi connectivity index (χ1v) is 6.44. The molecule has 0 saturated carbocycles. The van der Waals surface area contributed by atoms with E-state index < -0.39 is 0 Å². The van der Waals surface area contributed by atoms with Crippen LogP contribution in [0.4, 0.5) is 10.1 Å². The molecule has 0 aliphatic carbocycles. The van der Waals surface area contributed by atoms with Crippen molar-refractivity contribution in [1.29, 1.82) is 0 Å². The highest BCUT2D eigenvalue weighted by Crippen LogP contribution is 2.32. The van der Waals surface area contributed by atoms with E-state index in [1.54, 1.807) is 6.92 Å². The average molecular weight is 248 g/mol. The second-order valence-electron chi connectivity index (χ2n) is 5.19. The van der Waals surface area contributed by atoms with Crippen molar-refractivity contribution in [2.75, 3.05) is 18.0 Å². The Bertz CT molecular complexity index is 445. The molecule has 2 aliphatic rings. The highest BCUT2D eigenvalue weighted by atomic mass is 19.1. The Morgan fingerprint density at radius 3 is 2.22 bits per heavy atom. The van der Waals surface area contributed by atoms with Crippen molar-refractivity contribution in [2.45, 2.75) is 31.8 Å². The van der Waals surface area contributed by atoms with Crippen molar-refractivity contribution in [1.82, 2.24) is 4.90 Å². The number of hydrogen-bond acceptors (Lipinski definition) is 2. The topological polar surface area (TPSA) is 23.6 Å². The van der Waals surface area contributed by atoms with Gasteiger partial charge in [0.1, 0.15) is 5.82 Å². The van der Waals surface area contributed by atoms with Crippen LogP contribution in [-0.4, -0.2) is 36.0 Å². The van der Waals surface area contributed by atoms with Crippen molar-refractivity contribution < 1.29 is 9.18 Å². The summed E-state index contributed by atoms with van der Waals surface area (Å²) < 4.78 is 12.9. The van der Waals surface area contributed by atoms with E-state index in [-0.39, 0.29) is 11.7 Å². The van der Waals surface area contributed by atoms with Gasteiger partial charge in [0.25, 0.3) is 0 Å². The minimum Gasteiger partial charge on any atom is -0.367 e. The molecule has 1 amide bonds. The summed E-state index contributed by atoms with van der Waals surface area (Å²) in [6.45, 7) is 3.38. The molecular formula is C14H17FN2O. The lowest BCUT2D eigenvalue weighted by atomic mass is 10.1. The lowest BCUT2D eigenvalue weighted by molar-refractivity contribution is -0.132. The van der Waals surface area contributed by atoms with E-state index >= 15 is 0 Å². The number of anilines is 1. The molecule has 0 spiro atoms. The van der Waals surface area contributed by atoms with Crippen molar-refractivity contribution >= 4 is 11.6 Å². The summed E-state index contributed by atoms with van der Waals surface area (Å²) in [4.78, 5) is 15.9. The zero-order chi connectivity index (χ0) is 12.7. The SMILES string of the molecule is CC(=O)N1C2CCC1CN(c1ccc(F)cc1)C2. The number of nitrogens with zero attached hydrogens (tertiary/aromatic N) is 2. The second kappa shape index (κ2) is 4.26. The Morgan fingerprint density at radius 2 is 1.72 bits per heavy atom. The van der Waals surface area contributed by atoms with Crippen LogP contribution in [-0.2, 0) is 4.79 Å². The zero-order valence-electron chi connectivity index (χ0n) is 10.5. The van der Waals surface area contributed by atoms with Gasteiger partial charge >= 0.3 is 0 Å². The number of piperazine rings is 1. The molecule has 3 rings (SSSR count). The predicted octanol–water partition coefficient (Wildman–Crippen LogP) is 2.03. The number of amides is 1. The molecule has 2 atom stereocenters. The number of hydrogen-bond donors (Lipinski definition) is 0. The Kier molecular flexibility index (Phi) is 2.73. The zero-order valence-corrected chi connectivity index (χ0v) is 10.5. The van der Waals surface area contributed by atoms with Crippen LogP contribution < -0.4 is 4.90 Å². The maximum Gasteiger partial charge on any atom is 0.220 e. The van der Waals surface area contributed by atoms with Crippen molar-refractivity contribution in [3.63, 3.8) is 0 Å². The smallest absolute Gasteiger partial charge is 0.220 e. The third kappa shape index (κ3) is 1.85. The molecule has 3 nitrogen and oxygen atoms in total. The van der Waals surface area contributed by atoms with Crippen LogP contribution in [0.3, 0.4) is 0 Å². The summed E-state index contributed by atoms with van der Waals surface area (Å²) in [5, 5.41) is 0. The van der Waals surface area contributed by atoms with Crippen LogP contribution in [0.5, 0.6) is 0 Å². The molecule has 0 aromatic heterocycles. The molecule has 2 unspecified atom stereocenters. The molecule has 2 bridgehead atoms. The van der Waals surface area contributed by atoms with Gasteiger partial charge in [0, 0.05) is 37.8 Å². The molecule has 18 heavy (non-hydrogen) atoms. The predicted molar refractivity (Wildman–Crippen MR) is 67.9 cm³/mol. The number of carbonyl (C=O) groups excluding carboxylic acids is 1. The van der Waals surface area contributed by atoms with Crippen molar-refractivity contribution in [3.05, 3.63) is 30.1 Å². The van der Waals surface area contributed by atoms with Gasteiger partial charge in [0.2, 0.25) is 5.91 Å². The molecule has 4 heteroatoms. The lowest BCUT2D eigenvalue weighted by Gasteiger charge is -2.41. The molecule has 1 aromatic rings. The molecule has 2 saturated heterocycles. The van der Waals surface area contributed by atoms with Gasteiger partial charge in [0.15, 0.2) is 0 Å². The van der Waals surface area contributed by atoms with Gasteiger partial charge in [-0.3, -0.25) is 4.79 Å². The Balaban J connectivity index is 1.79. The Hall–Kier alpha value is -1.58. The molecule has 2 aliphatic heterocycles. The highest BCUT2D eigenvalue weighted by molar-refractivity contribution is 5.75. The van der Waals surface area contributed by atoms with Crippen LogP contribution in [0.15, 0.2) is 24.3 Å². The maximum atomic E-state index is 12.9. The second-order valence-corrected chi connectivity index (χ2v) is 5.19. The minimum atomic E-state index is -0.205. The van der Waals surface area contributed by atoms with Gasteiger partial charge in [-0.1, -0.05) is 0 Å². The van der Waals surface area contributed by atoms with Crippen LogP contribution in [0, 0.1) is 5.82 Å². The van der Waals surface area contributed by atoms with E-state index in [1.807, 2.05) is 17.0 Å². The van der Waals surface area contributed by atoms with E-state index in [0.29, 0.717) is 12.1 Å². The summed E-state index contributed by atoms with van der Waals surface area (Å²) in [5.41, 5.74) is 1.05. The first kappa shape index (κ1) is 11.5. The minimum absolute atomic E-state index is 0.182. The number of carbonyl (C=O) groups is 1. The van der Waals surface area contributed by atoms with Gasteiger partial charge in [-0.2, -0.15) is 0 Å². The van der Waals surface area contributed by atoms with Gasteiger partial charge in [-0.05, 0) is 37.1 Å². The third-order valence-corrected chi connectivity index (χ3v) is 4.04. The standard InChI is InChI=1S/C14H17FN2O/c1-10(18)17-13-6-7-14(17)9-16(8-13)12-4-2-11(15)3-5-12/h2-5,13-14H,6-9H2,1H3. The molecule has 1 aromatic carbocycles. The van der Waals surface area contributed by atoms with Gasteiger partial charge in [0.05, 0.1) is 0 Å². The largest absolute Gasteiger partial charge is 0.367 e. The van der Waals surface area contributed by atoms with E-state index in [1.165, 1.54) is 12.1 Å². The summed E-state index contributed by atoms with van der Waals surface area (Å²) >= 11 is 0. The van der Waals surface area contributed by atoms with E-state index in [0.717, 1.165) is 31.6 Å². The van der Waals surface area contributed by atoms with Crippen LogP contribution >= 0.6 is 0 Å². The third-order valence-electron chi connectivity index (χ3n) is 4.04. The number of benzene rings is 1. The van der Waals surface area contributed by atoms with E-state index in [4.69, 9.17) is 0 Å². The van der Waals surface area contributed by atoms with Gasteiger partial charge < -0.3 is 9.80 Å². The fourth-order valence-corrected chi connectivity index (χ4v) is 3.28. The summed E-state index contributed by atoms with van der Waals surface area (Å²) in [5.74, 6) is -0.0228. The van der Waals surface area contributed by atoms with Crippen molar-refractivity contribution in [2.24, 2.45) is 0 Å². The molecule has 0 radical (unpaired) electrons. The fourth-order valence-electron chi connectivity index (χ4n) is 3.28. The van der Waals surface area contributed by atoms with Gasteiger partial charge in [-0.15, -0.1) is 0 Å². The monoisotopic (exact) mass is 248 g/mol. The fraction of sp³-hybridized carbons (Fsp3) is 0.500. The molecular weight excluding hydrogens is 231 g/mol. The number of rotatable bonds is 1.